The summed E-state index contributed by atoms with van der Waals surface area (Å²) >= 11 is 3.40. The summed E-state index contributed by atoms with van der Waals surface area (Å²) in [4.78, 5) is 28.0. The van der Waals surface area contributed by atoms with Crippen LogP contribution in [-0.4, -0.2) is 63.2 Å². The summed E-state index contributed by atoms with van der Waals surface area (Å²) in [5.74, 6) is 0.106. The number of nitrogens with zero attached hydrogens (tertiary/aromatic N) is 2. The SMILES string of the molecule is CC[C@@H](C)NC(=O)[C@H](C)N(Cc1ccc(Br)cc1)C(=O)CN(c1ccc2c(c1)OCCO2)S(C)(=O)=O. The number of sulfonamides is 1. The van der Waals surface area contributed by atoms with Crippen molar-refractivity contribution in [2.75, 3.05) is 30.3 Å². The van der Waals surface area contributed by atoms with E-state index in [0.717, 1.165) is 27.0 Å². The zero-order valence-corrected chi connectivity index (χ0v) is 23.3. The molecule has 0 saturated heterocycles. The predicted molar refractivity (Wildman–Crippen MR) is 142 cm³/mol. The molecule has 0 aromatic heterocycles. The second-order valence-corrected chi connectivity index (χ2v) is 11.6. The van der Waals surface area contributed by atoms with Gasteiger partial charge in [0.2, 0.25) is 21.8 Å². The van der Waals surface area contributed by atoms with E-state index in [9.17, 15) is 18.0 Å². The van der Waals surface area contributed by atoms with Crippen molar-refractivity contribution in [3.05, 3.63) is 52.5 Å². The van der Waals surface area contributed by atoms with E-state index in [-0.39, 0.29) is 24.2 Å². The van der Waals surface area contributed by atoms with Crippen LogP contribution in [0.15, 0.2) is 46.9 Å². The fraction of sp³-hybridized carbons (Fsp3) is 0.440. The highest BCUT2D eigenvalue weighted by atomic mass is 79.9. The maximum absolute atomic E-state index is 13.6. The predicted octanol–water partition coefficient (Wildman–Crippen LogP) is 3.32. The minimum atomic E-state index is -3.84. The van der Waals surface area contributed by atoms with E-state index in [4.69, 9.17) is 9.47 Å². The van der Waals surface area contributed by atoms with E-state index < -0.39 is 28.5 Å². The van der Waals surface area contributed by atoms with Gasteiger partial charge in [0, 0.05) is 23.1 Å². The number of halogens is 1. The largest absolute Gasteiger partial charge is 0.486 e. The molecule has 3 rings (SSSR count). The minimum absolute atomic E-state index is 0.0604. The summed E-state index contributed by atoms with van der Waals surface area (Å²) in [5, 5.41) is 2.91. The van der Waals surface area contributed by atoms with Crippen LogP contribution in [0.3, 0.4) is 0 Å². The Morgan fingerprint density at radius 3 is 2.31 bits per heavy atom. The van der Waals surface area contributed by atoms with Gasteiger partial charge in [0.25, 0.3) is 0 Å². The van der Waals surface area contributed by atoms with Crippen LogP contribution in [0.25, 0.3) is 0 Å². The molecule has 2 aromatic rings. The lowest BCUT2D eigenvalue weighted by Gasteiger charge is -2.32. The highest BCUT2D eigenvalue weighted by Gasteiger charge is 2.31. The van der Waals surface area contributed by atoms with Crippen molar-refractivity contribution in [3.8, 4) is 11.5 Å². The number of anilines is 1. The number of ether oxygens (including phenoxy) is 2. The van der Waals surface area contributed by atoms with Crippen molar-refractivity contribution in [2.24, 2.45) is 0 Å². The highest BCUT2D eigenvalue weighted by molar-refractivity contribution is 9.10. The number of carbonyl (C=O) groups excluding carboxylic acids is 2. The average Bonchev–Trinajstić information content (AvgIpc) is 2.85. The molecule has 36 heavy (non-hydrogen) atoms. The molecule has 2 amide bonds. The molecule has 0 radical (unpaired) electrons. The number of rotatable bonds is 10. The molecule has 0 unspecified atom stereocenters. The zero-order chi connectivity index (χ0) is 26.5. The van der Waals surface area contributed by atoms with Crippen molar-refractivity contribution in [1.29, 1.82) is 0 Å². The molecular weight excluding hydrogens is 550 g/mol. The third-order valence-electron chi connectivity index (χ3n) is 5.93. The lowest BCUT2D eigenvalue weighted by molar-refractivity contribution is -0.139. The van der Waals surface area contributed by atoms with Crippen LogP contribution in [0.2, 0.25) is 0 Å². The van der Waals surface area contributed by atoms with Crippen molar-refractivity contribution in [3.63, 3.8) is 0 Å². The van der Waals surface area contributed by atoms with Crippen molar-refractivity contribution in [2.45, 2.75) is 45.8 Å². The van der Waals surface area contributed by atoms with Crippen LogP contribution in [0.4, 0.5) is 5.69 Å². The van der Waals surface area contributed by atoms with Gasteiger partial charge in [-0.2, -0.15) is 0 Å². The van der Waals surface area contributed by atoms with Gasteiger partial charge in [-0.25, -0.2) is 8.42 Å². The average molecular weight is 583 g/mol. The Hall–Kier alpha value is -2.79. The minimum Gasteiger partial charge on any atom is -0.486 e. The summed E-state index contributed by atoms with van der Waals surface area (Å²) in [5.41, 5.74) is 1.08. The van der Waals surface area contributed by atoms with Gasteiger partial charge in [0.05, 0.1) is 11.9 Å². The Balaban J connectivity index is 1.91. The van der Waals surface area contributed by atoms with Gasteiger partial charge in [0.1, 0.15) is 25.8 Å². The molecule has 2 aromatic carbocycles. The number of amides is 2. The first kappa shape index (κ1) is 27.8. The number of carbonyl (C=O) groups is 2. The van der Waals surface area contributed by atoms with E-state index in [1.165, 1.54) is 4.90 Å². The fourth-order valence-electron chi connectivity index (χ4n) is 3.64. The van der Waals surface area contributed by atoms with E-state index in [1.54, 1.807) is 25.1 Å². The molecule has 0 fully saturated rings. The van der Waals surface area contributed by atoms with Gasteiger partial charge in [-0.15, -0.1) is 0 Å². The molecular formula is C25H32BrN3O6S. The van der Waals surface area contributed by atoms with Gasteiger partial charge in [-0.1, -0.05) is 35.0 Å². The van der Waals surface area contributed by atoms with Crippen LogP contribution in [-0.2, 0) is 26.2 Å². The summed E-state index contributed by atoms with van der Waals surface area (Å²) in [6.45, 7) is 5.90. The third-order valence-corrected chi connectivity index (χ3v) is 7.60. The van der Waals surface area contributed by atoms with Crippen LogP contribution in [0, 0.1) is 0 Å². The summed E-state index contributed by atoms with van der Waals surface area (Å²) in [6, 6.07) is 11.2. The monoisotopic (exact) mass is 581 g/mol. The number of hydrogen-bond acceptors (Lipinski definition) is 6. The van der Waals surface area contributed by atoms with Gasteiger partial charge in [0.15, 0.2) is 11.5 Å². The van der Waals surface area contributed by atoms with E-state index in [0.29, 0.717) is 24.7 Å². The number of hydrogen-bond donors (Lipinski definition) is 1. The zero-order valence-electron chi connectivity index (χ0n) is 20.9. The highest BCUT2D eigenvalue weighted by Crippen LogP contribution is 2.34. The maximum atomic E-state index is 13.6. The molecule has 0 saturated carbocycles. The molecule has 1 aliphatic rings. The Morgan fingerprint density at radius 1 is 1.06 bits per heavy atom. The van der Waals surface area contributed by atoms with Gasteiger partial charge in [-0.3, -0.25) is 13.9 Å². The third kappa shape index (κ3) is 7.13. The molecule has 9 nitrogen and oxygen atoms in total. The molecule has 0 bridgehead atoms. The van der Waals surface area contributed by atoms with Gasteiger partial charge < -0.3 is 19.7 Å². The molecule has 0 aliphatic carbocycles. The summed E-state index contributed by atoms with van der Waals surface area (Å²) < 4.78 is 38.5. The molecule has 196 valence electrons. The first-order chi connectivity index (χ1) is 17.0. The van der Waals surface area contributed by atoms with E-state index in [2.05, 4.69) is 21.2 Å². The molecule has 0 spiro atoms. The van der Waals surface area contributed by atoms with Crippen LogP contribution >= 0.6 is 15.9 Å². The normalized spacial score (nSPS) is 14.5. The number of benzene rings is 2. The summed E-state index contributed by atoms with van der Waals surface area (Å²) in [6.07, 6.45) is 1.78. The molecule has 2 atom stereocenters. The fourth-order valence-corrected chi connectivity index (χ4v) is 4.74. The van der Waals surface area contributed by atoms with Crippen molar-refractivity contribution < 1.29 is 27.5 Å². The maximum Gasteiger partial charge on any atom is 0.244 e. The standard InChI is InChI=1S/C25H32BrN3O6S/c1-5-17(2)27-25(31)18(3)28(15-19-6-8-20(26)9-7-19)24(30)16-29(36(4,32)33)21-10-11-22-23(14-21)35-13-12-34-22/h6-11,14,17-18H,5,12-13,15-16H2,1-4H3,(H,27,31)/t17-,18+/m1/s1. The van der Waals surface area contributed by atoms with Crippen LogP contribution in [0.1, 0.15) is 32.8 Å². The summed E-state index contributed by atoms with van der Waals surface area (Å²) in [7, 11) is -3.84. The van der Waals surface area contributed by atoms with E-state index >= 15 is 0 Å². The quantitative estimate of drug-likeness (QED) is 0.461. The Labute approximate surface area is 220 Å². The lowest BCUT2D eigenvalue weighted by atomic mass is 10.1. The first-order valence-corrected chi connectivity index (χ1v) is 14.4. The van der Waals surface area contributed by atoms with Crippen molar-refractivity contribution in [1.82, 2.24) is 10.2 Å². The topological polar surface area (TPSA) is 105 Å². The lowest BCUT2D eigenvalue weighted by Crippen LogP contribution is -2.52. The second kappa shape index (κ2) is 12.0. The Kier molecular flexibility index (Phi) is 9.24. The van der Waals surface area contributed by atoms with Crippen LogP contribution in [0.5, 0.6) is 11.5 Å². The second-order valence-electron chi connectivity index (χ2n) is 8.74. The molecule has 1 N–H and O–H groups in total. The van der Waals surface area contributed by atoms with E-state index in [1.807, 2.05) is 38.1 Å². The van der Waals surface area contributed by atoms with Gasteiger partial charge >= 0.3 is 0 Å². The number of fused-ring (bicyclic) bond motifs is 1. The smallest absolute Gasteiger partial charge is 0.244 e. The molecule has 1 aliphatic heterocycles. The van der Waals surface area contributed by atoms with Gasteiger partial charge in [-0.05, 0) is 50.1 Å². The molecule has 1 heterocycles. The van der Waals surface area contributed by atoms with Crippen molar-refractivity contribution >= 4 is 43.5 Å². The van der Waals surface area contributed by atoms with Crippen LogP contribution < -0.4 is 19.1 Å². The molecule has 11 heteroatoms. The first-order valence-electron chi connectivity index (χ1n) is 11.7. The Morgan fingerprint density at radius 2 is 1.69 bits per heavy atom. The Bertz CT molecular complexity index is 1190. The number of nitrogens with one attached hydrogen (secondary N) is 1.